The molecule has 3 rings (SSSR count). The highest BCUT2D eigenvalue weighted by atomic mass is 35.5. The summed E-state index contributed by atoms with van der Waals surface area (Å²) < 4.78 is 13.2. The Morgan fingerprint density at radius 2 is 1.83 bits per heavy atom. The summed E-state index contributed by atoms with van der Waals surface area (Å²) >= 11 is 5.76. The molecule has 1 aromatic carbocycles. The molecule has 0 unspecified atom stereocenters. The summed E-state index contributed by atoms with van der Waals surface area (Å²) in [5, 5.41) is 6.17. The number of halogens is 2. The van der Waals surface area contributed by atoms with Crippen molar-refractivity contribution in [3.05, 3.63) is 65.3 Å². The van der Waals surface area contributed by atoms with Crippen LogP contribution in [0, 0.1) is 12.7 Å². The van der Waals surface area contributed by atoms with Gasteiger partial charge < -0.3 is 10.6 Å². The largest absolute Gasteiger partial charge is 0.340 e. The fourth-order valence-corrected chi connectivity index (χ4v) is 2.06. The minimum absolute atomic E-state index is 0.0492. The fraction of sp³-hybridized carbons (Fsp3) is 0.0625. The first kappa shape index (κ1) is 15.2. The normalized spacial score (nSPS) is 10.4. The summed E-state index contributed by atoms with van der Waals surface area (Å²) in [6, 6.07) is 9.87. The zero-order valence-electron chi connectivity index (χ0n) is 12.2. The van der Waals surface area contributed by atoms with Gasteiger partial charge in [-0.05, 0) is 43.3 Å². The SMILES string of the molecule is Cc1ccc(Nc2nccc(Nc3ccc(F)c(Cl)c3)n2)cn1. The molecule has 0 aliphatic rings. The lowest BCUT2D eigenvalue weighted by Gasteiger charge is -2.09. The topological polar surface area (TPSA) is 62.7 Å². The summed E-state index contributed by atoms with van der Waals surface area (Å²) in [6.45, 7) is 1.92. The maximum absolute atomic E-state index is 13.2. The Morgan fingerprint density at radius 1 is 1.00 bits per heavy atom. The molecular formula is C16H13ClFN5. The number of aromatic nitrogens is 3. The highest BCUT2D eigenvalue weighted by Crippen LogP contribution is 2.22. The van der Waals surface area contributed by atoms with Gasteiger partial charge in [0.25, 0.3) is 0 Å². The standard InChI is InChI=1S/C16H13ClFN5/c1-10-2-3-12(9-20-10)22-16-19-7-6-15(23-16)21-11-4-5-14(18)13(17)8-11/h2-9H,1H3,(H2,19,21,22,23). The maximum atomic E-state index is 13.2. The van der Waals surface area contributed by atoms with Crippen LogP contribution in [-0.2, 0) is 0 Å². The Labute approximate surface area is 137 Å². The molecule has 0 aliphatic heterocycles. The molecule has 2 heterocycles. The van der Waals surface area contributed by atoms with Crippen molar-refractivity contribution in [2.24, 2.45) is 0 Å². The Morgan fingerprint density at radius 3 is 2.57 bits per heavy atom. The van der Waals surface area contributed by atoms with Crippen LogP contribution in [0.25, 0.3) is 0 Å². The third-order valence-corrected chi connectivity index (χ3v) is 3.30. The molecule has 2 aromatic heterocycles. The zero-order valence-corrected chi connectivity index (χ0v) is 13.0. The van der Waals surface area contributed by atoms with E-state index in [1.165, 1.54) is 12.1 Å². The van der Waals surface area contributed by atoms with Gasteiger partial charge in [0, 0.05) is 17.6 Å². The fourth-order valence-electron chi connectivity index (χ4n) is 1.88. The van der Waals surface area contributed by atoms with Crippen LogP contribution in [0.4, 0.5) is 27.5 Å². The Kier molecular flexibility index (Phi) is 4.34. The summed E-state index contributed by atoms with van der Waals surface area (Å²) in [6.07, 6.45) is 3.32. The van der Waals surface area contributed by atoms with Crippen molar-refractivity contribution in [3.63, 3.8) is 0 Å². The summed E-state index contributed by atoms with van der Waals surface area (Å²) in [5.74, 6) is 0.522. The molecule has 0 amide bonds. The van der Waals surface area contributed by atoms with E-state index in [0.717, 1.165) is 11.4 Å². The number of hydrogen-bond donors (Lipinski definition) is 2. The van der Waals surface area contributed by atoms with Crippen LogP contribution in [0.3, 0.4) is 0 Å². The van der Waals surface area contributed by atoms with E-state index in [1.54, 1.807) is 24.5 Å². The van der Waals surface area contributed by atoms with E-state index in [2.05, 4.69) is 25.6 Å². The third kappa shape index (κ3) is 3.92. The Bertz CT molecular complexity index is 823. The number of nitrogens with zero attached hydrogens (tertiary/aromatic N) is 3. The maximum Gasteiger partial charge on any atom is 0.229 e. The minimum atomic E-state index is -0.464. The Balaban J connectivity index is 1.76. The molecule has 0 fully saturated rings. The number of hydrogen-bond acceptors (Lipinski definition) is 5. The van der Waals surface area contributed by atoms with Crippen molar-refractivity contribution in [2.45, 2.75) is 6.92 Å². The van der Waals surface area contributed by atoms with Gasteiger partial charge in [-0.15, -0.1) is 0 Å². The number of aryl methyl sites for hydroxylation is 1. The average molecular weight is 330 g/mol. The van der Waals surface area contributed by atoms with E-state index in [9.17, 15) is 4.39 Å². The minimum Gasteiger partial charge on any atom is -0.340 e. The number of nitrogens with one attached hydrogen (secondary N) is 2. The summed E-state index contributed by atoms with van der Waals surface area (Å²) in [5.41, 5.74) is 2.36. The van der Waals surface area contributed by atoms with Crippen LogP contribution in [0.1, 0.15) is 5.69 Å². The first-order valence-corrected chi connectivity index (χ1v) is 7.23. The summed E-state index contributed by atoms with van der Waals surface area (Å²) in [4.78, 5) is 12.7. The van der Waals surface area contributed by atoms with Crippen LogP contribution < -0.4 is 10.6 Å². The van der Waals surface area contributed by atoms with E-state index in [0.29, 0.717) is 17.5 Å². The first-order valence-electron chi connectivity index (χ1n) is 6.85. The number of anilines is 4. The lowest BCUT2D eigenvalue weighted by Crippen LogP contribution is -2.00. The van der Waals surface area contributed by atoms with Crippen molar-refractivity contribution in [2.75, 3.05) is 10.6 Å². The van der Waals surface area contributed by atoms with Crippen molar-refractivity contribution < 1.29 is 4.39 Å². The molecule has 5 nitrogen and oxygen atoms in total. The highest BCUT2D eigenvalue weighted by Gasteiger charge is 2.04. The van der Waals surface area contributed by atoms with Crippen LogP contribution in [0.2, 0.25) is 5.02 Å². The van der Waals surface area contributed by atoms with Crippen LogP contribution in [0.15, 0.2) is 48.8 Å². The quantitative estimate of drug-likeness (QED) is 0.740. The molecule has 2 N–H and O–H groups in total. The van der Waals surface area contributed by atoms with Crippen LogP contribution >= 0.6 is 11.6 Å². The van der Waals surface area contributed by atoms with Crippen LogP contribution in [0.5, 0.6) is 0 Å². The predicted octanol–water partition coefficient (Wildman–Crippen LogP) is 4.46. The Hall–Kier alpha value is -2.73. The van der Waals surface area contributed by atoms with E-state index in [1.807, 2.05) is 19.1 Å². The van der Waals surface area contributed by atoms with Gasteiger partial charge in [0.1, 0.15) is 11.6 Å². The van der Waals surface area contributed by atoms with Gasteiger partial charge in [0.05, 0.1) is 16.9 Å². The van der Waals surface area contributed by atoms with Gasteiger partial charge in [-0.25, -0.2) is 9.37 Å². The number of rotatable bonds is 4. The predicted molar refractivity (Wildman–Crippen MR) is 89.0 cm³/mol. The lowest BCUT2D eigenvalue weighted by molar-refractivity contribution is 0.628. The number of pyridine rings is 1. The molecule has 0 spiro atoms. The molecule has 0 saturated heterocycles. The van der Waals surface area contributed by atoms with Crippen molar-refractivity contribution in [3.8, 4) is 0 Å². The smallest absolute Gasteiger partial charge is 0.229 e. The molecule has 0 bridgehead atoms. The van der Waals surface area contributed by atoms with E-state index in [-0.39, 0.29) is 5.02 Å². The monoisotopic (exact) mass is 329 g/mol. The van der Waals surface area contributed by atoms with E-state index in [4.69, 9.17) is 11.6 Å². The van der Waals surface area contributed by atoms with E-state index >= 15 is 0 Å². The van der Waals surface area contributed by atoms with Gasteiger partial charge in [-0.3, -0.25) is 4.98 Å². The lowest BCUT2D eigenvalue weighted by atomic mass is 10.3. The molecule has 0 saturated carbocycles. The second-order valence-electron chi connectivity index (χ2n) is 4.83. The van der Waals surface area contributed by atoms with Gasteiger partial charge in [-0.2, -0.15) is 4.98 Å². The molecule has 0 aliphatic carbocycles. The summed E-state index contributed by atoms with van der Waals surface area (Å²) in [7, 11) is 0. The average Bonchev–Trinajstić information content (AvgIpc) is 2.54. The van der Waals surface area contributed by atoms with Gasteiger partial charge in [0.15, 0.2) is 0 Å². The van der Waals surface area contributed by atoms with Gasteiger partial charge >= 0.3 is 0 Å². The molecule has 3 aromatic rings. The first-order chi connectivity index (χ1) is 11.1. The van der Waals surface area contributed by atoms with Gasteiger partial charge in [0.2, 0.25) is 5.95 Å². The molecular weight excluding hydrogens is 317 g/mol. The molecule has 7 heteroatoms. The number of benzene rings is 1. The highest BCUT2D eigenvalue weighted by molar-refractivity contribution is 6.31. The van der Waals surface area contributed by atoms with Crippen LogP contribution in [-0.4, -0.2) is 15.0 Å². The van der Waals surface area contributed by atoms with Gasteiger partial charge in [-0.1, -0.05) is 11.6 Å². The molecule has 23 heavy (non-hydrogen) atoms. The van der Waals surface area contributed by atoms with Crippen molar-refractivity contribution >= 4 is 34.7 Å². The molecule has 0 atom stereocenters. The zero-order chi connectivity index (χ0) is 16.2. The second-order valence-corrected chi connectivity index (χ2v) is 5.24. The second kappa shape index (κ2) is 6.58. The van der Waals surface area contributed by atoms with Crippen molar-refractivity contribution in [1.29, 1.82) is 0 Å². The van der Waals surface area contributed by atoms with Crippen molar-refractivity contribution in [1.82, 2.24) is 15.0 Å². The molecule has 0 radical (unpaired) electrons. The van der Waals surface area contributed by atoms with E-state index < -0.39 is 5.82 Å². The molecule has 116 valence electrons. The third-order valence-electron chi connectivity index (χ3n) is 3.02.